The van der Waals surface area contributed by atoms with Crippen LogP contribution in [0.5, 0.6) is 0 Å². The Morgan fingerprint density at radius 2 is 1.81 bits per heavy atom. The maximum atomic E-state index is 9.49. The fourth-order valence-electron chi connectivity index (χ4n) is 4.55. The zero-order valence-corrected chi connectivity index (χ0v) is 21.9. The van der Waals surface area contributed by atoms with Crippen LogP contribution in [-0.2, 0) is 9.47 Å². The largest absolute Gasteiger partial charge is 0.396 e. The molecule has 3 rings (SSSR count). The Balaban J connectivity index is 0.00000363. The SMILES string of the molecule is CCNC(=NCC1(CCO)CCOC1)NCC1(NC(C)c2ccccc2)CCOCC1.I. The number of hydrogen-bond acceptors (Lipinski definition) is 5. The van der Waals surface area contributed by atoms with Crippen LogP contribution in [0.2, 0.25) is 0 Å². The summed E-state index contributed by atoms with van der Waals surface area (Å²) in [5.74, 6) is 0.826. The summed E-state index contributed by atoms with van der Waals surface area (Å²) in [6.07, 6.45) is 3.60. The summed E-state index contributed by atoms with van der Waals surface area (Å²) in [4.78, 5) is 4.88. The van der Waals surface area contributed by atoms with E-state index >= 15 is 0 Å². The lowest BCUT2D eigenvalue weighted by molar-refractivity contribution is 0.0354. The van der Waals surface area contributed by atoms with E-state index in [4.69, 9.17) is 14.5 Å². The van der Waals surface area contributed by atoms with Gasteiger partial charge in [-0.15, -0.1) is 24.0 Å². The average Bonchev–Trinajstić information content (AvgIpc) is 3.26. The molecule has 2 saturated heterocycles. The topological polar surface area (TPSA) is 87.1 Å². The normalized spacial score (nSPS) is 23.9. The number of halogens is 1. The third-order valence-electron chi connectivity index (χ3n) is 6.61. The van der Waals surface area contributed by atoms with Crippen molar-refractivity contribution < 1.29 is 14.6 Å². The lowest BCUT2D eigenvalue weighted by Crippen LogP contribution is -2.58. The zero-order chi connectivity index (χ0) is 22.0. The molecule has 8 heteroatoms. The van der Waals surface area contributed by atoms with E-state index in [0.717, 1.165) is 64.6 Å². The first-order chi connectivity index (χ1) is 15.1. The maximum absolute atomic E-state index is 9.49. The van der Waals surface area contributed by atoms with Crippen LogP contribution < -0.4 is 16.0 Å². The minimum Gasteiger partial charge on any atom is -0.396 e. The predicted molar refractivity (Wildman–Crippen MR) is 140 cm³/mol. The second-order valence-corrected chi connectivity index (χ2v) is 8.99. The van der Waals surface area contributed by atoms with Crippen molar-refractivity contribution >= 4 is 29.9 Å². The summed E-state index contributed by atoms with van der Waals surface area (Å²) in [7, 11) is 0. The molecule has 0 aromatic heterocycles. The van der Waals surface area contributed by atoms with Gasteiger partial charge in [0.15, 0.2) is 5.96 Å². The summed E-state index contributed by atoms with van der Waals surface area (Å²) >= 11 is 0. The molecule has 2 aliphatic rings. The van der Waals surface area contributed by atoms with Gasteiger partial charge in [-0.2, -0.15) is 0 Å². The van der Waals surface area contributed by atoms with Crippen molar-refractivity contribution in [3.8, 4) is 0 Å². The van der Waals surface area contributed by atoms with Crippen LogP contribution in [0.15, 0.2) is 35.3 Å². The van der Waals surface area contributed by atoms with Gasteiger partial charge in [0.25, 0.3) is 0 Å². The van der Waals surface area contributed by atoms with Gasteiger partial charge in [0, 0.05) is 56.5 Å². The molecular weight excluding hydrogens is 519 g/mol. The summed E-state index contributed by atoms with van der Waals surface area (Å²) in [6.45, 7) is 9.69. The number of hydrogen-bond donors (Lipinski definition) is 4. The van der Waals surface area contributed by atoms with Gasteiger partial charge in [-0.05, 0) is 45.1 Å². The first kappa shape index (κ1) is 27.3. The van der Waals surface area contributed by atoms with Gasteiger partial charge in [-0.1, -0.05) is 30.3 Å². The number of benzene rings is 1. The fraction of sp³-hybridized carbons (Fsp3) is 0.708. The van der Waals surface area contributed by atoms with E-state index in [1.165, 1.54) is 5.56 Å². The van der Waals surface area contributed by atoms with Crippen molar-refractivity contribution in [1.29, 1.82) is 0 Å². The summed E-state index contributed by atoms with van der Waals surface area (Å²) in [5, 5.41) is 20.4. The van der Waals surface area contributed by atoms with Crippen LogP contribution in [0.4, 0.5) is 0 Å². The summed E-state index contributed by atoms with van der Waals surface area (Å²) in [6, 6.07) is 10.8. The molecule has 0 spiro atoms. The number of aliphatic hydroxyl groups excluding tert-OH is 1. The van der Waals surface area contributed by atoms with E-state index in [1.807, 2.05) is 0 Å². The third-order valence-corrected chi connectivity index (χ3v) is 6.61. The monoisotopic (exact) mass is 560 g/mol. The highest BCUT2D eigenvalue weighted by Gasteiger charge is 2.36. The van der Waals surface area contributed by atoms with Crippen LogP contribution >= 0.6 is 24.0 Å². The molecule has 0 amide bonds. The van der Waals surface area contributed by atoms with E-state index in [2.05, 4.69) is 60.1 Å². The standard InChI is InChI=1S/C24H40N4O3.HI/c1-3-25-22(26-17-23(9-13-29)10-14-31-19-23)27-18-24(11-15-30-16-12-24)28-20(2)21-7-5-4-6-8-21;/h4-8,20,28-29H,3,9-19H2,1-2H3,(H2,25,26,27);1H. The van der Waals surface area contributed by atoms with Crippen molar-refractivity contribution in [3.05, 3.63) is 35.9 Å². The number of aliphatic imine (C=N–C) groups is 1. The molecule has 0 aliphatic carbocycles. The minimum atomic E-state index is -0.0526. The zero-order valence-electron chi connectivity index (χ0n) is 19.6. The highest BCUT2D eigenvalue weighted by molar-refractivity contribution is 14.0. The lowest BCUT2D eigenvalue weighted by Gasteiger charge is -2.41. The Hall–Kier alpha value is -0.940. The lowest BCUT2D eigenvalue weighted by atomic mass is 9.84. The molecular formula is C24H41IN4O3. The first-order valence-electron chi connectivity index (χ1n) is 11.7. The molecule has 32 heavy (non-hydrogen) atoms. The van der Waals surface area contributed by atoms with Gasteiger partial charge < -0.3 is 30.5 Å². The smallest absolute Gasteiger partial charge is 0.191 e. The number of guanidine groups is 1. The molecule has 182 valence electrons. The summed E-state index contributed by atoms with van der Waals surface area (Å²) in [5.41, 5.74) is 1.19. The molecule has 2 aliphatic heterocycles. The van der Waals surface area contributed by atoms with Gasteiger partial charge in [0.2, 0.25) is 0 Å². The van der Waals surface area contributed by atoms with Crippen LogP contribution in [0, 0.1) is 5.41 Å². The van der Waals surface area contributed by atoms with Crippen LogP contribution in [0.3, 0.4) is 0 Å². The van der Waals surface area contributed by atoms with Crippen LogP contribution in [0.1, 0.15) is 51.1 Å². The van der Waals surface area contributed by atoms with Crippen molar-refractivity contribution in [2.75, 3.05) is 52.7 Å². The van der Waals surface area contributed by atoms with Crippen LogP contribution in [-0.4, -0.2) is 69.3 Å². The van der Waals surface area contributed by atoms with Crippen molar-refractivity contribution in [2.24, 2.45) is 10.4 Å². The molecule has 1 aromatic rings. The van der Waals surface area contributed by atoms with Gasteiger partial charge in [0.1, 0.15) is 0 Å². The highest BCUT2D eigenvalue weighted by Crippen LogP contribution is 2.32. The Labute approximate surface area is 210 Å². The first-order valence-corrected chi connectivity index (χ1v) is 11.7. The van der Waals surface area contributed by atoms with Crippen molar-refractivity contribution in [3.63, 3.8) is 0 Å². The Morgan fingerprint density at radius 3 is 2.44 bits per heavy atom. The highest BCUT2D eigenvalue weighted by atomic mass is 127. The number of nitrogens with one attached hydrogen (secondary N) is 3. The molecule has 2 unspecified atom stereocenters. The van der Waals surface area contributed by atoms with E-state index in [-0.39, 0.29) is 47.6 Å². The molecule has 2 fully saturated rings. The number of rotatable bonds is 10. The molecule has 2 heterocycles. The molecule has 1 aromatic carbocycles. The Bertz CT molecular complexity index is 677. The molecule has 4 N–H and O–H groups in total. The molecule has 0 bridgehead atoms. The Morgan fingerprint density at radius 1 is 1.09 bits per heavy atom. The van der Waals surface area contributed by atoms with E-state index in [9.17, 15) is 5.11 Å². The number of ether oxygens (including phenoxy) is 2. The predicted octanol–water partition coefficient (Wildman–Crippen LogP) is 2.85. The van der Waals surface area contributed by atoms with E-state index in [0.29, 0.717) is 13.2 Å². The van der Waals surface area contributed by atoms with Gasteiger partial charge >= 0.3 is 0 Å². The average molecular weight is 561 g/mol. The second-order valence-electron chi connectivity index (χ2n) is 8.99. The van der Waals surface area contributed by atoms with Gasteiger partial charge in [-0.25, -0.2) is 0 Å². The minimum absolute atomic E-state index is 0. The summed E-state index contributed by atoms with van der Waals surface area (Å²) < 4.78 is 11.3. The third kappa shape index (κ3) is 7.83. The maximum Gasteiger partial charge on any atom is 0.191 e. The number of nitrogens with zero attached hydrogens (tertiary/aromatic N) is 1. The van der Waals surface area contributed by atoms with Crippen molar-refractivity contribution in [2.45, 2.75) is 51.1 Å². The van der Waals surface area contributed by atoms with E-state index in [1.54, 1.807) is 0 Å². The molecule has 0 saturated carbocycles. The number of aliphatic hydroxyl groups is 1. The molecule has 7 nitrogen and oxygen atoms in total. The molecule has 2 atom stereocenters. The van der Waals surface area contributed by atoms with Gasteiger partial charge in [0.05, 0.1) is 13.2 Å². The van der Waals surface area contributed by atoms with Crippen LogP contribution in [0.25, 0.3) is 0 Å². The van der Waals surface area contributed by atoms with Gasteiger partial charge in [-0.3, -0.25) is 4.99 Å². The fourth-order valence-corrected chi connectivity index (χ4v) is 4.55. The molecule has 0 radical (unpaired) electrons. The Kier molecular flexibility index (Phi) is 11.7. The van der Waals surface area contributed by atoms with E-state index < -0.39 is 0 Å². The quantitative estimate of drug-likeness (QED) is 0.200. The van der Waals surface area contributed by atoms with Crippen molar-refractivity contribution in [1.82, 2.24) is 16.0 Å². The second kappa shape index (κ2) is 13.7.